The first-order valence-corrected chi connectivity index (χ1v) is 12.1. The monoisotopic (exact) mass is 442 g/mol. The lowest BCUT2D eigenvalue weighted by Crippen LogP contribution is -2.64. The number of methoxy groups -OCH3 is 1. The predicted molar refractivity (Wildman–Crippen MR) is 132 cm³/mol. The zero-order chi connectivity index (χ0) is 22.6. The minimum absolute atomic E-state index is 0.0452. The highest BCUT2D eigenvalue weighted by Gasteiger charge is 2.46. The van der Waals surface area contributed by atoms with Gasteiger partial charge < -0.3 is 15.2 Å². The molecule has 2 bridgehead atoms. The van der Waals surface area contributed by atoms with Crippen molar-refractivity contribution >= 4 is 0 Å². The normalized spacial score (nSPS) is 24.2. The van der Waals surface area contributed by atoms with E-state index in [1.807, 2.05) is 12.1 Å². The van der Waals surface area contributed by atoms with Gasteiger partial charge in [-0.15, -0.1) is 0 Å². The molecule has 3 aromatic rings. The van der Waals surface area contributed by atoms with Crippen LogP contribution in [0.1, 0.15) is 41.0 Å². The van der Waals surface area contributed by atoms with Gasteiger partial charge in [-0.1, -0.05) is 66.7 Å². The van der Waals surface area contributed by atoms with Crippen molar-refractivity contribution in [1.82, 2.24) is 10.2 Å². The van der Waals surface area contributed by atoms with Crippen LogP contribution in [0.2, 0.25) is 0 Å². The number of ether oxygens (including phenoxy) is 1. The van der Waals surface area contributed by atoms with Crippen LogP contribution in [0.25, 0.3) is 0 Å². The Morgan fingerprint density at radius 3 is 2.15 bits per heavy atom. The van der Waals surface area contributed by atoms with Crippen LogP contribution in [-0.4, -0.2) is 42.3 Å². The number of hydrogen-bond acceptors (Lipinski definition) is 4. The third-order valence-corrected chi connectivity index (χ3v) is 7.59. The summed E-state index contributed by atoms with van der Waals surface area (Å²) in [6.07, 6.45) is 2.50. The molecular weight excluding hydrogens is 408 g/mol. The van der Waals surface area contributed by atoms with Crippen molar-refractivity contribution in [3.8, 4) is 5.75 Å². The van der Waals surface area contributed by atoms with Crippen LogP contribution >= 0.6 is 0 Å². The van der Waals surface area contributed by atoms with E-state index in [1.54, 1.807) is 7.11 Å². The Bertz CT molecular complexity index is 993. The first kappa shape index (κ1) is 22.1. The maximum Gasteiger partial charge on any atom is 0.123 e. The summed E-state index contributed by atoms with van der Waals surface area (Å²) in [5.41, 5.74) is 4.79. The second-order valence-corrected chi connectivity index (χ2v) is 9.37. The van der Waals surface area contributed by atoms with E-state index in [9.17, 15) is 5.11 Å². The highest BCUT2D eigenvalue weighted by molar-refractivity contribution is 5.38. The van der Waals surface area contributed by atoms with Gasteiger partial charge in [0.1, 0.15) is 5.75 Å². The average molecular weight is 443 g/mol. The second kappa shape index (κ2) is 10.1. The molecule has 0 spiro atoms. The number of aliphatic hydroxyl groups excluding tert-OH is 1. The van der Waals surface area contributed by atoms with Crippen LogP contribution in [-0.2, 0) is 13.2 Å². The minimum atomic E-state index is 0.0452. The zero-order valence-electron chi connectivity index (χ0n) is 19.4. The van der Waals surface area contributed by atoms with E-state index < -0.39 is 0 Å². The summed E-state index contributed by atoms with van der Waals surface area (Å²) >= 11 is 0. The van der Waals surface area contributed by atoms with Crippen molar-refractivity contribution in [3.05, 3.63) is 101 Å². The summed E-state index contributed by atoms with van der Waals surface area (Å²) in [7, 11) is 1.72. The fraction of sp³-hybridized carbons (Fsp3) is 0.379. The lowest BCUT2D eigenvalue weighted by Gasteiger charge is -2.54. The number of aliphatic hydroxyl groups is 1. The van der Waals surface area contributed by atoms with Crippen molar-refractivity contribution < 1.29 is 9.84 Å². The van der Waals surface area contributed by atoms with Crippen molar-refractivity contribution in [2.45, 2.75) is 44.0 Å². The molecule has 3 aromatic carbocycles. The third kappa shape index (κ3) is 4.56. The average Bonchev–Trinajstić information content (AvgIpc) is 2.90. The highest BCUT2D eigenvalue weighted by Crippen LogP contribution is 2.42. The summed E-state index contributed by atoms with van der Waals surface area (Å²) in [6.45, 7) is 3.13. The van der Waals surface area contributed by atoms with Crippen LogP contribution in [0.15, 0.2) is 78.9 Å². The van der Waals surface area contributed by atoms with Gasteiger partial charge in [-0.2, -0.15) is 0 Å². The molecule has 2 N–H and O–H groups in total. The van der Waals surface area contributed by atoms with E-state index in [4.69, 9.17) is 4.74 Å². The number of benzene rings is 3. The largest absolute Gasteiger partial charge is 0.496 e. The summed E-state index contributed by atoms with van der Waals surface area (Å²) in [5.74, 6) is 1.86. The molecule has 172 valence electrons. The Balaban J connectivity index is 1.48. The van der Waals surface area contributed by atoms with E-state index >= 15 is 0 Å². The predicted octanol–water partition coefficient (Wildman–Crippen LogP) is 4.57. The number of piperidine rings is 3. The molecule has 3 heterocycles. The summed E-state index contributed by atoms with van der Waals surface area (Å²) in [4.78, 5) is 2.71. The van der Waals surface area contributed by atoms with Gasteiger partial charge in [0.05, 0.1) is 13.7 Å². The molecule has 0 saturated carbocycles. The summed E-state index contributed by atoms with van der Waals surface area (Å²) < 4.78 is 5.63. The van der Waals surface area contributed by atoms with E-state index in [0.29, 0.717) is 23.9 Å². The Morgan fingerprint density at radius 2 is 1.58 bits per heavy atom. The molecule has 0 aliphatic carbocycles. The molecule has 6 rings (SSSR count). The Labute approximate surface area is 197 Å². The first-order chi connectivity index (χ1) is 16.3. The molecule has 3 fully saturated rings. The smallest absolute Gasteiger partial charge is 0.123 e. The van der Waals surface area contributed by atoms with Gasteiger partial charge in [0, 0.05) is 30.1 Å². The lowest BCUT2D eigenvalue weighted by atomic mass is 9.70. The topological polar surface area (TPSA) is 44.7 Å². The SMILES string of the molecule is COc1ccc(CO)cc1CNC1C2CCN(CC2)C1C(c1ccccc1)c1ccccc1. The molecule has 3 aliphatic rings. The van der Waals surface area contributed by atoms with Crippen LogP contribution in [0, 0.1) is 5.92 Å². The van der Waals surface area contributed by atoms with Gasteiger partial charge >= 0.3 is 0 Å². The molecule has 33 heavy (non-hydrogen) atoms. The van der Waals surface area contributed by atoms with Crippen molar-refractivity contribution in [2.24, 2.45) is 5.92 Å². The molecule has 0 aromatic heterocycles. The molecule has 4 heteroatoms. The molecular formula is C29H34N2O2. The van der Waals surface area contributed by atoms with E-state index in [-0.39, 0.29) is 6.61 Å². The molecule has 4 nitrogen and oxygen atoms in total. The maximum absolute atomic E-state index is 9.63. The van der Waals surface area contributed by atoms with Crippen molar-refractivity contribution in [2.75, 3.05) is 20.2 Å². The van der Waals surface area contributed by atoms with Gasteiger partial charge in [-0.3, -0.25) is 4.90 Å². The number of hydrogen-bond donors (Lipinski definition) is 2. The molecule has 2 unspecified atom stereocenters. The fourth-order valence-corrected chi connectivity index (χ4v) is 5.99. The Morgan fingerprint density at radius 1 is 0.939 bits per heavy atom. The summed E-state index contributed by atoms with van der Waals surface area (Å²) in [5, 5.41) is 13.6. The number of fused-ring (bicyclic) bond motifs is 3. The zero-order valence-corrected chi connectivity index (χ0v) is 19.4. The molecule has 3 aliphatic heterocycles. The van der Waals surface area contributed by atoms with Gasteiger partial charge in [0.25, 0.3) is 0 Å². The maximum atomic E-state index is 9.63. The molecule has 3 saturated heterocycles. The van der Waals surface area contributed by atoms with Crippen LogP contribution in [0.5, 0.6) is 5.75 Å². The van der Waals surface area contributed by atoms with E-state index in [1.165, 1.54) is 37.1 Å². The molecule has 0 radical (unpaired) electrons. The summed E-state index contributed by atoms with van der Waals surface area (Å²) in [6, 6.07) is 28.7. The Kier molecular flexibility index (Phi) is 6.77. The number of nitrogens with one attached hydrogen (secondary N) is 1. The molecule has 2 atom stereocenters. The van der Waals surface area contributed by atoms with Crippen LogP contribution < -0.4 is 10.1 Å². The molecule has 0 amide bonds. The van der Waals surface area contributed by atoms with E-state index in [2.05, 4.69) is 76.9 Å². The minimum Gasteiger partial charge on any atom is -0.496 e. The second-order valence-electron chi connectivity index (χ2n) is 9.37. The van der Waals surface area contributed by atoms with Crippen molar-refractivity contribution in [3.63, 3.8) is 0 Å². The van der Waals surface area contributed by atoms with Crippen molar-refractivity contribution in [1.29, 1.82) is 0 Å². The van der Waals surface area contributed by atoms with Gasteiger partial charge in [-0.25, -0.2) is 0 Å². The number of rotatable bonds is 8. The highest BCUT2D eigenvalue weighted by atomic mass is 16.5. The first-order valence-electron chi connectivity index (χ1n) is 12.1. The Hall–Kier alpha value is -2.66. The standard InChI is InChI=1S/C29H34N2O2/c1-33-26-13-12-21(20-32)18-25(26)19-30-28-24-14-16-31(17-15-24)29(28)27(22-8-4-2-5-9-22)23-10-6-3-7-11-23/h2-13,18,24,27-30,32H,14-17,19-20H2,1H3. The fourth-order valence-electron chi connectivity index (χ4n) is 5.99. The quantitative estimate of drug-likeness (QED) is 0.536. The van der Waals surface area contributed by atoms with Crippen LogP contribution in [0.4, 0.5) is 0 Å². The number of nitrogens with zero attached hydrogens (tertiary/aromatic N) is 1. The van der Waals surface area contributed by atoms with Gasteiger partial charge in [-0.05, 0) is 60.7 Å². The van der Waals surface area contributed by atoms with Gasteiger partial charge in [0.2, 0.25) is 0 Å². The van der Waals surface area contributed by atoms with Crippen LogP contribution in [0.3, 0.4) is 0 Å². The van der Waals surface area contributed by atoms with E-state index in [0.717, 1.165) is 23.4 Å². The third-order valence-electron chi connectivity index (χ3n) is 7.59. The van der Waals surface area contributed by atoms with Gasteiger partial charge in [0.15, 0.2) is 0 Å². The lowest BCUT2D eigenvalue weighted by molar-refractivity contribution is 0.00462.